The first-order chi connectivity index (χ1) is 11.8. The van der Waals surface area contributed by atoms with Crippen LogP contribution < -0.4 is 10.6 Å². The van der Waals surface area contributed by atoms with Gasteiger partial charge in [0.15, 0.2) is 5.96 Å². The highest BCUT2D eigenvalue weighted by molar-refractivity contribution is 5.79. The van der Waals surface area contributed by atoms with Gasteiger partial charge in [-0.2, -0.15) is 0 Å². The van der Waals surface area contributed by atoms with E-state index in [1.165, 1.54) is 11.1 Å². The van der Waals surface area contributed by atoms with Gasteiger partial charge in [-0.05, 0) is 23.3 Å². The van der Waals surface area contributed by atoms with Gasteiger partial charge >= 0.3 is 0 Å². The molecule has 0 spiro atoms. The van der Waals surface area contributed by atoms with Gasteiger partial charge in [0.05, 0.1) is 19.1 Å². The normalized spacial score (nSPS) is 11.5. The first-order valence-electron chi connectivity index (χ1n) is 7.84. The highest BCUT2D eigenvalue weighted by atomic mass is 16.3. The fraction of sp³-hybridized carbons (Fsp3) is 0.222. The molecular weight excluding hydrogens is 302 g/mol. The van der Waals surface area contributed by atoms with Crippen molar-refractivity contribution in [3.05, 3.63) is 78.3 Å². The lowest BCUT2D eigenvalue weighted by atomic mass is 10.1. The molecule has 0 unspecified atom stereocenters. The van der Waals surface area contributed by atoms with Crippen LogP contribution in [0.3, 0.4) is 0 Å². The van der Waals surface area contributed by atoms with Gasteiger partial charge in [-0.15, -0.1) is 0 Å². The molecule has 0 aliphatic carbocycles. The number of nitrogens with one attached hydrogen (secondary N) is 2. The third-order valence-corrected chi connectivity index (χ3v) is 3.64. The maximum Gasteiger partial charge on any atom is 0.191 e. The molecule has 124 valence electrons. The lowest BCUT2D eigenvalue weighted by Crippen LogP contribution is -2.36. The molecule has 0 saturated carbocycles. The van der Waals surface area contributed by atoms with Gasteiger partial charge in [0.25, 0.3) is 0 Å². The third kappa shape index (κ3) is 4.49. The third-order valence-electron chi connectivity index (χ3n) is 3.64. The van der Waals surface area contributed by atoms with Crippen molar-refractivity contribution in [2.45, 2.75) is 19.6 Å². The molecule has 24 heavy (non-hydrogen) atoms. The van der Waals surface area contributed by atoms with Gasteiger partial charge in [-0.3, -0.25) is 4.99 Å². The Kier molecular flexibility index (Phi) is 5.29. The minimum absolute atomic E-state index is 0.608. The van der Waals surface area contributed by atoms with Crippen LogP contribution in [0.25, 0.3) is 0 Å². The number of hydrogen-bond donors (Lipinski definition) is 2. The second kappa shape index (κ2) is 8.01. The molecule has 3 rings (SSSR count). The van der Waals surface area contributed by atoms with Crippen molar-refractivity contribution in [3.8, 4) is 0 Å². The fourth-order valence-corrected chi connectivity index (χ4v) is 2.34. The molecule has 0 atom stereocenters. The Labute approximate surface area is 141 Å². The average Bonchev–Trinajstić information content (AvgIpc) is 3.30. The Morgan fingerprint density at radius 3 is 2.58 bits per heavy atom. The van der Waals surface area contributed by atoms with Gasteiger partial charge < -0.3 is 19.6 Å². The standard InChI is InChI=1S/C18H21N5O/c1-19-18(22-12-17-3-2-10-24-17)21-11-15-4-6-16(7-5-15)13-23-9-8-20-14-23/h2-10,14H,11-13H2,1H3,(H2,19,21,22). The number of rotatable bonds is 6. The Balaban J connectivity index is 1.48. The van der Waals surface area contributed by atoms with Crippen LogP contribution in [0.1, 0.15) is 16.9 Å². The number of guanidine groups is 1. The van der Waals surface area contributed by atoms with E-state index in [4.69, 9.17) is 4.42 Å². The predicted octanol–water partition coefficient (Wildman–Crippen LogP) is 2.39. The zero-order valence-corrected chi connectivity index (χ0v) is 13.6. The predicted molar refractivity (Wildman–Crippen MR) is 93.5 cm³/mol. The van der Waals surface area contributed by atoms with Crippen LogP contribution in [0.2, 0.25) is 0 Å². The van der Waals surface area contributed by atoms with E-state index < -0.39 is 0 Å². The van der Waals surface area contributed by atoms with Gasteiger partial charge in [-0.1, -0.05) is 24.3 Å². The van der Waals surface area contributed by atoms with Gasteiger partial charge in [0.1, 0.15) is 5.76 Å². The molecule has 0 saturated heterocycles. The molecule has 2 heterocycles. The van der Waals surface area contributed by atoms with Crippen LogP contribution in [-0.2, 0) is 19.6 Å². The molecule has 0 fully saturated rings. The van der Waals surface area contributed by atoms with E-state index in [1.807, 2.05) is 29.2 Å². The fourth-order valence-electron chi connectivity index (χ4n) is 2.34. The summed E-state index contributed by atoms with van der Waals surface area (Å²) in [6, 6.07) is 12.3. The Hall–Kier alpha value is -3.02. The van der Waals surface area contributed by atoms with Crippen molar-refractivity contribution in [1.29, 1.82) is 0 Å². The molecule has 2 aromatic heterocycles. The summed E-state index contributed by atoms with van der Waals surface area (Å²) in [5, 5.41) is 6.51. The molecular formula is C18H21N5O. The largest absolute Gasteiger partial charge is 0.467 e. The van der Waals surface area contributed by atoms with Gasteiger partial charge in [0, 0.05) is 32.5 Å². The topological polar surface area (TPSA) is 67.4 Å². The lowest BCUT2D eigenvalue weighted by molar-refractivity contribution is 0.501. The number of benzene rings is 1. The number of imidazole rings is 1. The van der Waals surface area contributed by atoms with Gasteiger partial charge in [0.2, 0.25) is 0 Å². The summed E-state index contributed by atoms with van der Waals surface area (Å²) >= 11 is 0. The number of aliphatic imine (C=N–C) groups is 1. The molecule has 0 amide bonds. The summed E-state index contributed by atoms with van der Waals surface area (Å²) in [7, 11) is 1.76. The molecule has 6 heteroatoms. The number of aromatic nitrogens is 2. The van der Waals surface area contributed by atoms with E-state index in [9.17, 15) is 0 Å². The number of furan rings is 1. The summed E-state index contributed by atoms with van der Waals surface area (Å²) < 4.78 is 7.34. The van der Waals surface area contributed by atoms with Crippen LogP contribution in [0.4, 0.5) is 0 Å². The average molecular weight is 323 g/mol. The number of nitrogens with zero attached hydrogens (tertiary/aromatic N) is 3. The zero-order valence-electron chi connectivity index (χ0n) is 13.6. The first kappa shape index (κ1) is 15.9. The van der Waals surface area contributed by atoms with E-state index in [1.54, 1.807) is 19.5 Å². The van der Waals surface area contributed by atoms with Gasteiger partial charge in [-0.25, -0.2) is 4.98 Å². The second-order valence-corrected chi connectivity index (χ2v) is 5.41. The molecule has 0 bridgehead atoms. The summed E-state index contributed by atoms with van der Waals surface area (Å²) in [6.45, 7) is 2.15. The van der Waals surface area contributed by atoms with Crippen molar-refractivity contribution >= 4 is 5.96 Å². The zero-order chi connectivity index (χ0) is 16.6. The van der Waals surface area contributed by atoms with Crippen LogP contribution >= 0.6 is 0 Å². The minimum Gasteiger partial charge on any atom is -0.467 e. The van der Waals surface area contributed by atoms with E-state index >= 15 is 0 Å². The van der Waals surface area contributed by atoms with Crippen LogP contribution in [0, 0.1) is 0 Å². The van der Waals surface area contributed by atoms with Crippen molar-refractivity contribution in [3.63, 3.8) is 0 Å². The van der Waals surface area contributed by atoms with E-state index in [0.717, 1.165) is 18.3 Å². The van der Waals surface area contributed by atoms with Crippen molar-refractivity contribution in [2.75, 3.05) is 7.05 Å². The molecule has 0 aliphatic rings. The van der Waals surface area contributed by atoms with Crippen molar-refractivity contribution < 1.29 is 4.42 Å². The quantitative estimate of drug-likeness (QED) is 0.540. The smallest absolute Gasteiger partial charge is 0.191 e. The second-order valence-electron chi connectivity index (χ2n) is 5.41. The summed E-state index contributed by atoms with van der Waals surface area (Å²) in [4.78, 5) is 8.27. The number of hydrogen-bond acceptors (Lipinski definition) is 3. The minimum atomic E-state index is 0.608. The highest BCUT2D eigenvalue weighted by Crippen LogP contribution is 2.06. The monoisotopic (exact) mass is 323 g/mol. The van der Waals surface area contributed by atoms with Crippen LogP contribution in [-0.4, -0.2) is 22.6 Å². The highest BCUT2D eigenvalue weighted by Gasteiger charge is 2.01. The van der Waals surface area contributed by atoms with Crippen molar-refractivity contribution in [2.24, 2.45) is 4.99 Å². The van der Waals surface area contributed by atoms with E-state index in [-0.39, 0.29) is 0 Å². The molecule has 6 nitrogen and oxygen atoms in total. The summed E-state index contributed by atoms with van der Waals surface area (Å²) in [5.41, 5.74) is 2.45. The van der Waals surface area contributed by atoms with E-state index in [2.05, 4.69) is 44.9 Å². The first-order valence-corrected chi connectivity index (χ1v) is 7.84. The molecule has 3 aromatic rings. The Morgan fingerprint density at radius 1 is 1.12 bits per heavy atom. The van der Waals surface area contributed by atoms with Crippen LogP contribution in [0.5, 0.6) is 0 Å². The maximum absolute atomic E-state index is 5.30. The summed E-state index contributed by atoms with van der Waals surface area (Å²) in [5.74, 6) is 1.62. The maximum atomic E-state index is 5.30. The lowest BCUT2D eigenvalue weighted by Gasteiger charge is -2.11. The summed E-state index contributed by atoms with van der Waals surface area (Å²) in [6.07, 6.45) is 7.24. The SMILES string of the molecule is CN=C(NCc1ccc(Cn2ccnc2)cc1)NCc1ccco1. The van der Waals surface area contributed by atoms with E-state index in [0.29, 0.717) is 13.1 Å². The van der Waals surface area contributed by atoms with Crippen LogP contribution in [0.15, 0.2) is 70.8 Å². The molecule has 2 N–H and O–H groups in total. The van der Waals surface area contributed by atoms with Crippen molar-refractivity contribution in [1.82, 2.24) is 20.2 Å². The Bertz CT molecular complexity index is 745. The molecule has 1 aromatic carbocycles. The Morgan fingerprint density at radius 2 is 1.92 bits per heavy atom. The molecule has 0 aliphatic heterocycles. The molecule has 0 radical (unpaired) electrons.